The summed E-state index contributed by atoms with van der Waals surface area (Å²) in [6.45, 7) is 10.1. The van der Waals surface area contributed by atoms with Crippen LogP contribution in [-0.2, 0) is 17.6 Å². The summed E-state index contributed by atoms with van der Waals surface area (Å²) >= 11 is 0. The quantitative estimate of drug-likeness (QED) is 0.333. The van der Waals surface area contributed by atoms with Crippen molar-refractivity contribution in [3.8, 4) is 16.9 Å². The molecule has 0 bridgehead atoms. The topological polar surface area (TPSA) is 62.7 Å². The summed E-state index contributed by atoms with van der Waals surface area (Å²) in [7, 11) is 0. The molecule has 38 heavy (non-hydrogen) atoms. The molecule has 0 aliphatic carbocycles. The van der Waals surface area contributed by atoms with E-state index in [-0.39, 0.29) is 30.4 Å². The highest BCUT2D eigenvalue weighted by molar-refractivity contribution is 5.86. The molecule has 8 heteroatoms. The standard InChI is InChI=1S/C30H33F3N2O3/c1-18-23(16-27(36)37)29(35-12-10-30(3,4)11-13-35)28(19(2)34-18)20-5-7-22(8-6-20)38-14-9-21-15-25(32)26(33)17-24(21)31/h5-8,15,17H,9-14,16H2,1-4H3,(H,36,37). The number of aromatic nitrogens is 1. The van der Waals surface area contributed by atoms with Crippen LogP contribution in [0.4, 0.5) is 18.9 Å². The van der Waals surface area contributed by atoms with E-state index >= 15 is 0 Å². The Morgan fingerprint density at radius 1 is 1.00 bits per heavy atom. The van der Waals surface area contributed by atoms with Crippen LogP contribution < -0.4 is 9.64 Å². The van der Waals surface area contributed by atoms with Crippen LogP contribution in [-0.4, -0.2) is 35.8 Å². The maximum atomic E-state index is 13.9. The molecule has 2 heterocycles. The minimum Gasteiger partial charge on any atom is -0.493 e. The Bertz CT molecular complexity index is 1330. The van der Waals surface area contributed by atoms with Crippen molar-refractivity contribution in [3.05, 3.63) is 76.4 Å². The van der Waals surface area contributed by atoms with E-state index in [9.17, 15) is 23.1 Å². The number of benzene rings is 2. The lowest BCUT2D eigenvalue weighted by molar-refractivity contribution is -0.136. The first kappa shape index (κ1) is 27.5. The fourth-order valence-electron chi connectivity index (χ4n) is 5.01. The summed E-state index contributed by atoms with van der Waals surface area (Å²) in [6.07, 6.45) is 1.98. The Kier molecular flexibility index (Phi) is 7.99. The van der Waals surface area contributed by atoms with Gasteiger partial charge in [-0.15, -0.1) is 0 Å². The van der Waals surface area contributed by atoms with Crippen molar-refractivity contribution in [2.75, 3.05) is 24.6 Å². The van der Waals surface area contributed by atoms with Crippen molar-refractivity contribution in [3.63, 3.8) is 0 Å². The summed E-state index contributed by atoms with van der Waals surface area (Å²) in [5, 5.41) is 9.65. The molecule has 4 rings (SSSR count). The van der Waals surface area contributed by atoms with Gasteiger partial charge in [-0.2, -0.15) is 0 Å². The van der Waals surface area contributed by atoms with E-state index in [2.05, 4.69) is 18.7 Å². The van der Waals surface area contributed by atoms with Crippen LogP contribution in [0.1, 0.15) is 49.2 Å². The van der Waals surface area contributed by atoms with Crippen molar-refractivity contribution in [1.82, 2.24) is 4.98 Å². The second kappa shape index (κ2) is 11.1. The molecule has 0 radical (unpaired) electrons. The van der Waals surface area contributed by atoms with Gasteiger partial charge in [0.25, 0.3) is 0 Å². The second-order valence-electron chi connectivity index (χ2n) is 10.7. The zero-order valence-electron chi connectivity index (χ0n) is 22.2. The number of carboxylic acid groups (broad SMARTS) is 1. The fraction of sp³-hybridized carbons (Fsp3) is 0.400. The van der Waals surface area contributed by atoms with Crippen molar-refractivity contribution >= 4 is 11.7 Å². The van der Waals surface area contributed by atoms with E-state index in [1.54, 1.807) is 12.1 Å². The maximum Gasteiger partial charge on any atom is 0.307 e. The van der Waals surface area contributed by atoms with Crippen LogP contribution in [0.15, 0.2) is 36.4 Å². The van der Waals surface area contributed by atoms with Crippen molar-refractivity contribution in [2.24, 2.45) is 5.41 Å². The molecule has 5 nitrogen and oxygen atoms in total. The number of piperidine rings is 1. The molecule has 1 saturated heterocycles. The molecule has 0 spiro atoms. The Labute approximate surface area is 221 Å². The summed E-state index contributed by atoms with van der Waals surface area (Å²) < 4.78 is 46.2. The van der Waals surface area contributed by atoms with Crippen molar-refractivity contribution in [2.45, 2.75) is 53.4 Å². The minimum atomic E-state index is -1.22. The van der Waals surface area contributed by atoms with Gasteiger partial charge in [-0.25, -0.2) is 13.2 Å². The lowest BCUT2D eigenvalue weighted by Crippen LogP contribution is -2.38. The van der Waals surface area contributed by atoms with Gasteiger partial charge in [-0.1, -0.05) is 26.0 Å². The predicted octanol–water partition coefficient (Wildman–Crippen LogP) is 6.66. The molecule has 0 unspecified atom stereocenters. The van der Waals surface area contributed by atoms with Gasteiger partial charge < -0.3 is 14.7 Å². The van der Waals surface area contributed by atoms with Gasteiger partial charge in [0.05, 0.1) is 18.7 Å². The molecule has 0 saturated carbocycles. The molecule has 1 aliphatic heterocycles. The number of ether oxygens (including phenoxy) is 1. The van der Waals surface area contributed by atoms with E-state index in [0.717, 1.165) is 65.8 Å². The maximum absolute atomic E-state index is 13.9. The third-order valence-electron chi connectivity index (χ3n) is 7.29. The monoisotopic (exact) mass is 526 g/mol. The summed E-state index contributed by atoms with van der Waals surface area (Å²) in [5.41, 5.74) is 5.27. The first-order valence-corrected chi connectivity index (χ1v) is 12.8. The summed E-state index contributed by atoms with van der Waals surface area (Å²) in [5.74, 6) is -3.48. The van der Waals surface area contributed by atoms with Crippen molar-refractivity contribution < 1.29 is 27.8 Å². The number of hydrogen-bond donors (Lipinski definition) is 1. The van der Waals surface area contributed by atoms with E-state index in [4.69, 9.17) is 9.72 Å². The van der Waals surface area contributed by atoms with Crippen LogP contribution >= 0.6 is 0 Å². The Hall–Kier alpha value is -3.55. The second-order valence-corrected chi connectivity index (χ2v) is 10.7. The highest BCUT2D eigenvalue weighted by atomic mass is 19.2. The molecule has 0 atom stereocenters. The van der Waals surface area contributed by atoms with Crippen LogP contribution in [0, 0.1) is 36.7 Å². The zero-order valence-corrected chi connectivity index (χ0v) is 22.2. The number of rotatable bonds is 8. The SMILES string of the molecule is Cc1nc(C)c(-c2ccc(OCCc3cc(F)c(F)cc3F)cc2)c(N2CCC(C)(C)CC2)c1CC(=O)O. The largest absolute Gasteiger partial charge is 0.493 e. The number of aliphatic carboxylic acids is 1. The Morgan fingerprint density at radius 2 is 1.63 bits per heavy atom. The van der Waals surface area contributed by atoms with Gasteiger partial charge in [0.1, 0.15) is 11.6 Å². The first-order valence-electron chi connectivity index (χ1n) is 12.8. The van der Waals surface area contributed by atoms with E-state index < -0.39 is 23.4 Å². The van der Waals surface area contributed by atoms with E-state index in [1.165, 1.54) is 0 Å². The smallest absolute Gasteiger partial charge is 0.307 e. The highest BCUT2D eigenvalue weighted by Gasteiger charge is 2.30. The van der Waals surface area contributed by atoms with E-state index in [1.807, 2.05) is 26.0 Å². The number of carboxylic acids is 1. The lowest BCUT2D eigenvalue weighted by atomic mass is 9.82. The lowest BCUT2D eigenvalue weighted by Gasteiger charge is -2.40. The molecule has 1 N–H and O–H groups in total. The van der Waals surface area contributed by atoms with Crippen LogP contribution in [0.25, 0.3) is 11.1 Å². The molecular formula is C30H33F3N2O3. The molecule has 1 fully saturated rings. The highest BCUT2D eigenvalue weighted by Crippen LogP contribution is 2.41. The summed E-state index contributed by atoms with van der Waals surface area (Å²) in [4.78, 5) is 18.8. The zero-order chi connectivity index (χ0) is 27.6. The first-order chi connectivity index (χ1) is 17.9. The van der Waals surface area contributed by atoms with Gasteiger partial charge in [0, 0.05) is 48.1 Å². The number of anilines is 1. The molecule has 3 aromatic rings. The number of carbonyl (C=O) groups is 1. The molecule has 1 aliphatic rings. The van der Waals surface area contributed by atoms with Gasteiger partial charge in [-0.3, -0.25) is 9.78 Å². The third-order valence-corrected chi connectivity index (χ3v) is 7.29. The van der Waals surface area contributed by atoms with Gasteiger partial charge in [-0.05, 0) is 61.4 Å². The number of halogens is 3. The predicted molar refractivity (Wildman–Crippen MR) is 141 cm³/mol. The van der Waals surface area contributed by atoms with Gasteiger partial charge in [0.2, 0.25) is 0 Å². The summed E-state index contributed by atoms with van der Waals surface area (Å²) in [6, 6.07) is 8.76. The molecular weight excluding hydrogens is 493 g/mol. The molecule has 202 valence electrons. The third kappa shape index (κ3) is 6.11. The number of pyridine rings is 1. The average Bonchev–Trinajstić information content (AvgIpc) is 2.84. The van der Waals surface area contributed by atoms with E-state index in [0.29, 0.717) is 11.8 Å². The Morgan fingerprint density at radius 3 is 2.26 bits per heavy atom. The van der Waals surface area contributed by atoms with Crippen LogP contribution in [0.5, 0.6) is 5.75 Å². The number of aryl methyl sites for hydroxylation is 2. The normalized spacial score (nSPS) is 15.0. The van der Waals surface area contributed by atoms with Crippen molar-refractivity contribution in [1.29, 1.82) is 0 Å². The fourth-order valence-corrected chi connectivity index (χ4v) is 5.01. The molecule has 0 amide bonds. The van der Waals surface area contributed by atoms with Crippen LogP contribution in [0.2, 0.25) is 0 Å². The number of hydrogen-bond acceptors (Lipinski definition) is 4. The molecule has 1 aromatic heterocycles. The van der Waals surface area contributed by atoms with Gasteiger partial charge >= 0.3 is 5.97 Å². The van der Waals surface area contributed by atoms with Crippen LogP contribution in [0.3, 0.4) is 0 Å². The average molecular weight is 527 g/mol. The molecule has 2 aromatic carbocycles. The minimum absolute atomic E-state index is 0.0437. The Balaban J connectivity index is 1.60. The van der Waals surface area contributed by atoms with Gasteiger partial charge in [0.15, 0.2) is 11.6 Å². The number of nitrogens with zero attached hydrogens (tertiary/aromatic N) is 2.